The number of H-pyrrole nitrogens is 1. The highest BCUT2D eigenvalue weighted by molar-refractivity contribution is 5.92. The summed E-state index contributed by atoms with van der Waals surface area (Å²) in [4.78, 5) is 25.9. The lowest BCUT2D eigenvalue weighted by molar-refractivity contribution is 0.0691. The second-order valence-electron chi connectivity index (χ2n) is 5.74. The number of nitrogens with one attached hydrogen (secondary N) is 1. The molecule has 0 atom stereocenters. The maximum Gasteiger partial charge on any atom is 0.292 e. The molecule has 0 spiro atoms. The van der Waals surface area contributed by atoms with Crippen LogP contribution in [0.2, 0.25) is 0 Å². The van der Waals surface area contributed by atoms with Crippen LogP contribution >= 0.6 is 0 Å². The molecule has 7 nitrogen and oxygen atoms in total. The largest absolute Gasteiger partial charge is 0.350 e. The predicted molar refractivity (Wildman–Crippen MR) is 85.2 cm³/mol. The number of hydrogen-bond acceptors (Lipinski definition) is 5. The Balaban J connectivity index is 1.59. The van der Waals surface area contributed by atoms with E-state index < -0.39 is 5.82 Å². The lowest BCUT2D eigenvalue weighted by atomic mass is 10.0. The molecule has 3 aromatic rings. The van der Waals surface area contributed by atoms with Crippen molar-refractivity contribution in [3.05, 3.63) is 69.6 Å². The van der Waals surface area contributed by atoms with Crippen molar-refractivity contribution in [1.29, 1.82) is 0 Å². The number of halogens is 1. The average molecular weight is 340 g/mol. The Morgan fingerprint density at radius 2 is 2.16 bits per heavy atom. The monoisotopic (exact) mass is 340 g/mol. The molecule has 0 saturated carbocycles. The first-order valence-corrected chi connectivity index (χ1v) is 7.70. The summed E-state index contributed by atoms with van der Waals surface area (Å²) in [5, 5.41) is 9.95. The van der Waals surface area contributed by atoms with Crippen LogP contribution in [0.25, 0.3) is 11.3 Å². The summed E-state index contributed by atoms with van der Waals surface area (Å²) in [5.74, 6) is -0.771. The third kappa shape index (κ3) is 2.71. The molecule has 1 aromatic carbocycles. The number of carbonyl (C=O) groups excluding carboxylic acids is 1. The zero-order valence-electron chi connectivity index (χ0n) is 13.0. The van der Waals surface area contributed by atoms with Crippen LogP contribution in [-0.2, 0) is 13.0 Å². The summed E-state index contributed by atoms with van der Waals surface area (Å²) in [6, 6.07) is 7.56. The van der Waals surface area contributed by atoms with Gasteiger partial charge in [0.25, 0.3) is 11.5 Å². The van der Waals surface area contributed by atoms with E-state index in [9.17, 15) is 14.0 Å². The highest BCUT2D eigenvalue weighted by atomic mass is 19.1. The van der Waals surface area contributed by atoms with Gasteiger partial charge >= 0.3 is 0 Å². The van der Waals surface area contributed by atoms with Crippen LogP contribution < -0.4 is 5.56 Å². The van der Waals surface area contributed by atoms with Crippen LogP contribution in [0.15, 0.2) is 45.8 Å². The van der Waals surface area contributed by atoms with E-state index in [0.717, 1.165) is 0 Å². The molecule has 126 valence electrons. The summed E-state index contributed by atoms with van der Waals surface area (Å²) in [6.07, 6.45) is 1.98. The van der Waals surface area contributed by atoms with E-state index in [2.05, 4.69) is 15.4 Å². The minimum Gasteiger partial charge on any atom is -0.350 e. The normalized spacial score (nSPS) is 13.6. The van der Waals surface area contributed by atoms with Crippen molar-refractivity contribution in [2.24, 2.45) is 0 Å². The molecule has 0 saturated heterocycles. The first-order valence-electron chi connectivity index (χ1n) is 7.70. The van der Waals surface area contributed by atoms with Crippen molar-refractivity contribution in [2.45, 2.75) is 13.0 Å². The van der Waals surface area contributed by atoms with Gasteiger partial charge in [-0.1, -0.05) is 17.3 Å². The Morgan fingerprint density at radius 3 is 3.00 bits per heavy atom. The van der Waals surface area contributed by atoms with Gasteiger partial charge in [-0.25, -0.2) is 9.49 Å². The first-order chi connectivity index (χ1) is 12.1. The number of aromatic nitrogens is 3. The van der Waals surface area contributed by atoms with Crippen LogP contribution in [0.3, 0.4) is 0 Å². The van der Waals surface area contributed by atoms with Crippen molar-refractivity contribution in [3.63, 3.8) is 0 Å². The third-order valence-electron chi connectivity index (χ3n) is 4.20. The highest BCUT2D eigenvalue weighted by Crippen LogP contribution is 2.24. The number of nitrogens with zero attached hydrogens (tertiary/aromatic N) is 3. The van der Waals surface area contributed by atoms with Gasteiger partial charge in [-0.2, -0.15) is 5.10 Å². The van der Waals surface area contributed by atoms with Gasteiger partial charge < -0.3 is 9.42 Å². The molecule has 25 heavy (non-hydrogen) atoms. The zero-order chi connectivity index (χ0) is 17.4. The Morgan fingerprint density at radius 1 is 1.32 bits per heavy atom. The highest BCUT2D eigenvalue weighted by Gasteiger charge is 2.26. The minimum atomic E-state index is -0.438. The minimum absolute atomic E-state index is 0.0273. The molecule has 4 rings (SSSR count). The van der Waals surface area contributed by atoms with Gasteiger partial charge in [0.2, 0.25) is 5.76 Å². The maximum atomic E-state index is 13.8. The summed E-state index contributed by atoms with van der Waals surface area (Å²) < 4.78 is 18.9. The second kappa shape index (κ2) is 5.97. The number of fused-ring (bicyclic) bond motifs is 1. The van der Waals surface area contributed by atoms with Gasteiger partial charge in [-0.05, 0) is 18.6 Å². The fourth-order valence-corrected chi connectivity index (χ4v) is 2.90. The van der Waals surface area contributed by atoms with Crippen LogP contribution in [0.1, 0.15) is 21.7 Å². The second-order valence-corrected chi connectivity index (χ2v) is 5.74. The van der Waals surface area contributed by atoms with Crippen molar-refractivity contribution >= 4 is 5.91 Å². The topological polar surface area (TPSA) is 92.1 Å². The fraction of sp³-hybridized carbons (Fsp3) is 0.176. The number of rotatable bonds is 2. The van der Waals surface area contributed by atoms with Crippen LogP contribution in [-0.4, -0.2) is 32.7 Å². The molecule has 1 amide bonds. The molecular formula is C17H13FN4O3. The predicted octanol–water partition coefficient (Wildman–Crippen LogP) is 1.76. The van der Waals surface area contributed by atoms with Gasteiger partial charge in [0.15, 0.2) is 0 Å². The standard InChI is InChI=1S/C17H13FN4O3/c18-13-4-2-1-3-12(13)14-7-15(25-21-14)17(24)22-6-5-11-10(9-22)8-19-20-16(11)23/h1-4,7-8H,5-6,9H2,(H,20,23). The number of carbonyl (C=O) groups is 1. The first kappa shape index (κ1) is 15.3. The molecule has 0 unspecified atom stereocenters. The lowest BCUT2D eigenvalue weighted by Gasteiger charge is -2.26. The smallest absolute Gasteiger partial charge is 0.292 e. The van der Waals surface area contributed by atoms with E-state index >= 15 is 0 Å². The zero-order valence-corrected chi connectivity index (χ0v) is 13.0. The number of amides is 1. The fourth-order valence-electron chi connectivity index (χ4n) is 2.90. The molecule has 1 N–H and O–H groups in total. The van der Waals surface area contributed by atoms with Crippen molar-refractivity contribution < 1.29 is 13.7 Å². The number of benzene rings is 1. The lowest BCUT2D eigenvalue weighted by Crippen LogP contribution is -2.38. The van der Waals surface area contributed by atoms with E-state index in [1.165, 1.54) is 12.1 Å². The Kier molecular flexibility index (Phi) is 3.64. The van der Waals surface area contributed by atoms with Crippen molar-refractivity contribution in [2.75, 3.05) is 6.54 Å². The summed E-state index contributed by atoms with van der Waals surface area (Å²) in [6.45, 7) is 0.648. The van der Waals surface area contributed by atoms with E-state index in [0.29, 0.717) is 24.1 Å². The Hall–Kier alpha value is -3.29. The maximum absolute atomic E-state index is 13.8. The summed E-state index contributed by atoms with van der Waals surface area (Å²) in [7, 11) is 0. The van der Waals surface area contributed by atoms with Gasteiger partial charge in [0, 0.05) is 35.8 Å². The van der Waals surface area contributed by atoms with E-state index in [1.807, 2.05) is 0 Å². The summed E-state index contributed by atoms with van der Waals surface area (Å²) in [5.41, 5.74) is 1.65. The third-order valence-corrected chi connectivity index (χ3v) is 4.20. The van der Waals surface area contributed by atoms with Crippen LogP contribution in [0, 0.1) is 5.82 Å². The molecule has 0 radical (unpaired) electrons. The van der Waals surface area contributed by atoms with Gasteiger partial charge in [-0.15, -0.1) is 0 Å². The van der Waals surface area contributed by atoms with Crippen molar-refractivity contribution in [1.82, 2.24) is 20.3 Å². The number of aromatic amines is 1. The molecule has 0 bridgehead atoms. The molecule has 1 aliphatic rings. The SMILES string of the molecule is O=C(c1cc(-c2ccccc2F)no1)N1CCc2c(cn[nH]c2=O)C1. The molecule has 2 aromatic heterocycles. The van der Waals surface area contributed by atoms with E-state index in [1.54, 1.807) is 29.3 Å². The van der Waals surface area contributed by atoms with Gasteiger partial charge in [0.05, 0.1) is 6.20 Å². The van der Waals surface area contributed by atoms with Gasteiger partial charge in [0.1, 0.15) is 11.5 Å². The van der Waals surface area contributed by atoms with Crippen LogP contribution in [0.5, 0.6) is 0 Å². The Bertz CT molecular complexity index is 1010. The molecule has 0 fully saturated rings. The van der Waals surface area contributed by atoms with E-state index in [-0.39, 0.29) is 35.0 Å². The van der Waals surface area contributed by atoms with Crippen LogP contribution in [0.4, 0.5) is 4.39 Å². The Labute approximate surface area is 141 Å². The molecule has 8 heteroatoms. The van der Waals surface area contributed by atoms with Crippen molar-refractivity contribution in [3.8, 4) is 11.3 Å². The molecule has 1 aliphatic heterocycles. The number of hydrogen-bond donors (Lipinski definition) is 1. The molecule has 3 heterocycles. The summed E-state index contributed by atoms with van der Waals surface area (Å²) >= 11 is 0. The molecular weight excluding hydrogens is 327 g/mol. The van der Waals surface area contributed by atoms with E-state index in [4.69, 9.17) is 4.52 Å². The van der Waals surface area contributed by atoms with Gasteiger partial charge in [-0.3, -0.25) is 9.59 Å². The molecule has 0 aliphatic carbocycles. The quantitative estimate of drug-likeness (QED) is 0.767. The average Bonchev–Trinajstić information content (AvgIpc) is 3.11.